The predicted octanol–water partition coefficient (Wildman–Crippen LogP) is 5.04. The van der Waals surface area contributed by atoms with Crippen molar-refractivity contribution in [2.24, 2.45) is 5.92 Å². The third kappa shape index (κ3) is 5.73. The number of hydrogen-bond acceptors (Lipinski definition) is 3. The molecule has 1 fully saturated rings. The first-order valence-corrected chi connectivity index (χ1v) is 9.03. The largest absolute Gasteiger partial charge is 0.444 e. The minimum atomic E-state index is -0.471. The summed E-state index contributed by atoms with van der Waals surface area (Å²) >= 11 is 0. The van der Waals surface area contributed by atoms with Gasteiger partial charge >= 0.3 is 6.09 Å². The second-order valence-corrected chi connectivity index (χ2v) is 8.11. The molecule has 0 aliphatic heterocycles. The fourth-order valence-corrected chi connectivity index (χ4v) is 3.24. The highest BCUT2D eigenvalue weighted by atomic mass is 16.6. The molecule has 0 saturated heterocycles. The molecule has 2 atom stereocenters. The highest BCUT2D eigenvalue weighted by molar-refractivity contribution is 5.68. The zero-order valence-corrected chi connectivity index (χ0v) is 15.8. The molecule has 1 aliphatic rings. The molecule has 0 radical (unpaired) electrons. The number of anilines is 1. The van der Waals surface area contributed by atoms with Gasteiger partial charge in [0, 0.05) is 18.8 Å². The molecule has 4 heteroatoms. The fraction of sp³-hybridized carbons (Fsp3) is 0.650. The van der Waals surface area contributed by atoms with Crippen LogP contribution in [0.2, 0.25) is 0 Å². The molecule has 0 aromatic heterocycles. The highest BCUT2D eigenvalue weighted by Gasteiger charge is 2.22. The molecular weight excluding hydrogens is 300 g/mol. The number of para-hydroxylation sites is 1. The number of ether oxygens (including phenoxy) is 1. The second-order valence-electron chi connectivity index (χ2n) is 8.11. The summed E-state index contributed by atoms with van der Waals surface area (Å²) in [4.78, 5) is 13.8. The first kappa shape index (κ1) is 18.6. The van der Waals surface area contributed by atoms with Gasteiger partial charge in [0.15, 0.2) is 0 Å². The van der Waals surface area contributed by atoms with Crippen molar-refractivity contribution in [3.8, 4) is 0 Å². The van der Waals surface area contributed by atoms with Crippen LogP contribution in [0.25, 0.3) is 0 Å². The smallest absolute Gasteiger partial charge is 0.410 e. The van der Waals surface area contributed by atoms with Gasteiger partial charge in [-0.05, 0) is 51.2 Å². The van der Waals surface area contributed by atoms with Gasteiger partial charge in [-0.2, -0.15) is 0 Å². The molecule has 4 nitrogen and oxygen atoms in total. The van der Waals surface area contributed by atoms with E-state index in [4.69, 9.17) is 4.74 Å². The third-order valence-corrected chi connectivity index (χ3v) is 4.43. The molecule has 1 aliphatic carbocycles. The van der Waals surface area contributed by atoms with Crippen LogP contribution in [0.1, 0.15) is 58.9 Å². The van der Waals surface area contributed by atoms with Crippen LogP contribution in [0, 0.1) is 5.92 Å². The van der Waals surface area contributed by atoms with Crippen LogP contribution in [-0.4, -0.2) is 29.7 Å². The van der Waals surface area contributed by atoms with Crippen LogP contribution in [-0.2, 0) is 11.3 Å². The zero-order valence-electron chi connectivity index (χ0n) is 15.8. The summed E-state index contributed by atoms with van der Waals surface area (Å²) in [6.07, 6.45) is 4.78. The van der Waals surface area contributed by atoms with Crippen molar-refractivity contribution in [1.82, 2.24) is 4.90 Å². The summed E-state index contributed by atoms with van der Waals surface area (Å²) in [7, 11) is 1.79. The van der Waals surface area contributed by atoms with Gasteiger partial charge < -0.3 is 15.0 Å². The van der Waals surface area contributed by atoms with E-state index in [0.29, 0.717) is 12.6 Å². The van der Waals surface area contributed by atoms with Gasteiger partial charge in [0.1, 0.15) is 5.60 Å². The lowest BCUT2D eigenvalue weighted by Gasteiger charge is -2.30. The lowest BCUT2D eigenvalue weighted by molar-refractivity contribution is 0.0285. The van der Waals surface area contributed by atoms with E-state index < -0.39 is 5.60 Å². The monoisotopic (exact) mass is 332 g/mol. The third-order valence-electron chi connectivity index (χ3n) is 4.43. The van der Waals surface area contributed by atoms with Crippen molar-refractivity contribution in [1.29, 1.82) is 0 Å². The average molecular weight is 332 g/mol. The molecule has 0 spiro atoms. The Hall–Kier alpha value is -1.71. The van der Waals surface area contributed by atoms with E-state index in [1.54, 1.807) is 11.9 Å². The van der Waals surface area contributed by atoms with Gasteiger partial charge in [-0.1, -0.05) is 38.0 Å². The molecule has 134 valence electrons. The topological polar surface area (TPSA) is 41.6 Å². The Balaban J connectivity index is 2.01. The normalized spacial score (nSPS) is 21.2. The number of rotatable bonds is 4. The summed E-state index contributed by atoms with van der Waals surface area (Å²) in [5.41, 5.74) is 1.79. The molecule has 2 unspecified atom stereocenters. The van der Waals surface area contributed by atoms with E-state index in [-0.39, 0.29) is 6.09 Å². The Bertz CT molecular complexity index is 551. The summed E-state index contributed by atoms with van der Waals surface area (Å²) in [6, 6.07) is 8.78. The highest BCUT2D eigenvalue weighted by Crippen LogP contribution is 2.28. The van der Waals surface area contributed by atoms with Gasteiger partial charge in [0.2, 0.25) is 0 Å². The Morgan fingerprint density at radius 1 is 1.29 bits per heavy atom. The number of benzene rings is 1. The molecular formula is C20H32N2O2. The van der Waals surface area contributed by atoms with Crippen LogP contribution in [0.5, 0.6) is 0 Å². The molecule has 0 heterocycles. The minimum Gasteiger partial charge on any atom is -0.444 e. The fourth-order valence-electron chi connectivity index (χ4n) is 3.24. The molecule has 0 bridgehead atoms. The summed E-state index contributed by atoms with van der Waals surface area (Å²) in [6.45, 7) is 8.53. The van der Waals surface area contributed by atoms with E-state index in [1.165, 1.54) is 25.7 Å². The van der Waals surface area contributed by atoms with E-state index >= 15 is 0 Å². The zero-order chi connectivity index (χ0) is 17.7. The van der Waals surface area contributed by atoms with Gasteiger partial charge in [-0.15, -0.1) is 0 Å². The van der Waals surface area contributed by atoms with E-state index in [9.17, 15) is 4.79 Å². The van der Waals surface area contributed by atoms with Gasteiger partial charge in [0.25, 0.3) is 0 Å². The van der Waals surface area contributed by atoms with Gasteiger partial charge in [0.05, 0.1) is 6.54 Å². The molecule has 1 aromatic carbocycles. The molecule has 2 rings (SSSR count). The van der Waals surface area contributed by atoms with Crippen LogP contribution >= 0.6 is 0 Å². The quantitative estimate of drug-likeness (QED) is 0.839. The maximum absolute atomic E-state index is 12.2. The maximum Gasteiger partial charge on any atom is 0.410 e. The molecule has 24 heavy (non-hydrogen) atoms. The van der Waals surface area contributed by atoms with Crippen molar-refractivity contribution in [3.63, 3.8) is 0 Å². The van der Waals surface area contributed by atoms with E-state index in [2.05, 4.69) is 24.4 Å². The SMILES string of the molecule is CC1CCCC(Nc2ccccc2CN(C)C(=O)OC(C)(C)C)C1. The maximum atomic E-state index is 12.2. The van der Waals surface area contributed by atoms with Gasteiger partial charge in [-0.3, -0.25) is 0 Å². The van der Waals surface area contributed by atoms with Crippen LogP contribution in [0.15, 0.2) is 24.3 Å². The van der Waals surface area contributed by atoms with E-state index in [0.717, 1.165) is 17.2 Å². The predicted molar refractivity (Wildman–Crippen MR) is 99.2 cm³/mol. The van der Waals surface area contributed by atoms with Crippen molar-refractivity contribution in [2.45, 2.75) is 71.6 Å². The van der Waals surface area contributed by atoms with Crippen molar-refractivity contribution >= 4 is 11.8 Å². The first-order valence-electron chi connectivity index (χ1n) is 9.03. The molecule has 1 saturated carbocycles. The Morgan fingerprint density at radius 3 is 2.67 bits per heavy atom. The second kappa shape index (κ2) is 7.91. The van der Waals surface area contributed by atoms with Crippen molar-refractivity contribution in [2.75, 3.05) is 12.4 Å². The number of nitrogens with zero attached hydrogens (tertiary/aromatic N) is 1. The van der Waals surface area contributed by atoms with Crippen LogP contribution < -0.4 is 5.32 Å². The number of nitrogens with one attached hydrogen (secondary N) is 1. The van der Waals surface area contributed by atoms with Crippen molar-refractivity contribution in [3.05, 3.63) is 29.8 Å². The lowest BCUT2D eigenvalue weighted by atomic mass is 9.87. The Labute approximate surface area is 146 Å². The number of hydrogen-bond donors (Lipinski definition) is 1. The number of carbonyl (C=O) groups excluding carboxylic acids is 1. The summed E-state index contributed by atoms with van der Waals surface area (Å²) < 4.78 is 5.44. The molecule has 1 aromatic rings. The van der Waals surface area contributed by atoms with Crippen molar-refractivity contribution < 1.29 is 9.53 Å². The molecule has 1 amide bonds. The first-order chi connectivity index (χ1) is 11.2. The Kier molecular flexibility index (Phi) is 6.14. The summed E-state index contributed by atoms with van der Waals surface area (Å²) in [5.74, 6) is 0.785. The number of carbonyl (C=O) groups is 1. The van der Waals surface area contributed by atoms with Crippen LogP contribution in [0.3, 0.4) is 0 Å². The standard InChI is InChI=1S/C20H32N2O2/c1-15-9-8-11-17(13-15)21-18-12-7-6-10-16(18)14-22(5)19(23)24-20(2,3)4/h6-7,10,12,15,17,21H,8-9,11,13-14H2,1-5H3. The lowest BCUT2D eigenvalue weighted by Crippen LogP contribution is -2.34. The average Bonchev–Trinajstić information content (AvgIpc) is 2.47. The molecule has 1 N–H and O–H groups in total. The van der Waals surface area contributed by atoms with E-state index in [1.807, 2.05) is 32.9 Å². The van der Waals surface area contributed by atoms with Gasteiger partial charge in [-0.25, -0.2) is 4.79 Å². The summed E-state index contributed by atoms with van der Waals surface area (Å²) in [5, 5.41) is 3.69. The minimum absolute atomic E-state index is 0.288. The Morgan fingerprint density at radius 2 is 2.00 bits per heavy atom. The van der Waals surface area contributed by atoms with Crippen LogP contribution in [0.4, 0.5) is 10.5 Å². The number of amides is 1.